The third kappa shape index (κ3) is 4.34. The molecule has 1 rings (SSSR count). The van der Waals surface area contributed by atoms with E-state index in [0.717, 1.165) is 5.56 Å². The van der Waals surface area contributed by atoms with E-state index in [4.69, 9.17) is 11.5 Å². The van der Waals surface area contributed by atoms with Gasteiger partial charge in [0.25, 0.3) is 0 Å². The van der Waals surface area contributed by atoms with Crippen molar-refractivity contribution in [1.82, 2.24) is 10.3 Å². The second kappa shape index (κ2) is 6.28. The van der Waals surface area contributed by atoms with Crippen molar-refractivity contribution in [2.45, 2.75) is 19.4 Å². The molecule has 0 saturated heterocycles. The monoisotopic (exact) mass is 232 g/mol. The lowest BCUT2D eigenvalue weighted by Crippen LogP contribution is -2.22. The van der Waals surface area contributed by atoms with Gasteiger partial charge < -0.3 is 10.4 Å². The topological polar surface area (TPSA) is 79.3 Å². The van der Waals surface area contributed by atoms with Gasteiger partial charge in [-0.05, 0) is 11.6 Å². The van der Waals surface area contributed by atoms with Crippen LogP contribution in [0.4, 0.5) is 0 Å². The molecular weight excluding hydrogens is 220 g/mol. The zero-order valence-corrected chi connectivity index (χ0v) is 9.14. The van der Waals surface area contributed by atoms with Gasteiger partial charge in [0, 0.05) is 25.6 Å². The number of carboxylic acid groups (broad SMARTS) is 1. The number of nitrogens with one attached hydrogen (secondary N) is 1. The van der Waals surface area contributed by atoms with Gasteiger partial charge in [0.2, 0.25) is 5.91 Å². The van der Waals surface area contributed by atoms with Crippen molar-refractivity contribution in [1.29, 1.82) is 0 Å². The molecule has 1 heterocycles. The van der Waals surface area contributed by atoms with Crippen LogP contribution in [0.1, 0.15) is 28.9 Å². The van der Waals surface area contributed by atoms with Gasteiger partial charge in [0.05, 0.1) is 0 Å². The first-order chi connectivity index (χ1) is 8.13. The molecule has 0 atom stereocenters. The lowest BCUT2D eigenvalue weighted by atomic mass is 10.2. The summed E-state index contributed by atoms with van der Waals surface area (Å²) >= 11 is 0. The molecular formula is C12H12N2O3. The van der Waals surface area contributed by atoms with Crippen molar-refractivity contribution in [3.05, 3.63) is 29.6 Å². The van der Waals surface area contributed by atoms with Gasteiger partial charge >= 0.3 is 5.97 Å². The summed E-state index contributed by atoms with van der Waals surface area (Å²) in [6.07, 6.45) is 7.15. The molecule has 0 aliphatic rings. The van der Waals surface area contributed by atoms with E-state index in [-0.39, 0.29) is 18.0 Å². The lowest BCUT2D eigenvalue weighted by Gasteiger charge is -2.03. The molecule has 0 saturated carbocycles. The highest BCUT2D eigenvalue weighted by Gasteiger charge is 2.04. The van der Waals surface area contributed by atoms with Crippen LogP contribution in [0.5, 0.6) is 0 Å². The Balaban J connectivity index is 2.45. The Labute approximate surface area is 98.9 Å². The molecule has 2 N–H and O–H groups in total. The molecule has 1 aromatic rings. The minimum Gasteiger partial charge on any atom is -0.477 e. The number of hydrogen-bond acceptors (Lipinski definition) is 3. The number of carbonyl (C=O) groups is 2. The molecule has 5 heteroatoms. The van der Waals surface area contributed by atoms with Crippen LogP contribution in [-0.4, -0.2) is 22.0 Å². The van der Waals surface area contributed by atoms with Gasteiger partial charge in [-0.2, -0.15) is 0 Å². The van der Waals surface area contributed by atoms with Crippen LogP contribution in [0.2, 0.25) is 0 Å². The van der Waals surface area contributed by atoms with Crippen LogP contribution < -0.4 is 5.32 Å². The van der Waals surface area contributed by atoms with Crippen LogP contribution in [0.25, 0.3) is 0 Å². The molecule has 0 aliphatic heterocycles. The van der Waals surface area contributed by atoms with Gasteiger partial charge in [-0.25, -0.2) is 9.78 Å². The smallest absolute Gasteiger partial charge is 0.354 e. The summed E-state index contributed by atoms with van der Waals surface area (Å²) < 4.78 is 0. The van der Waals surface area contributed by atoms with Crippen molar-refractivity contribution >= 4 is 11.9 Å². The number of carboxylic acids is 1. The molecule has 17 heavy (non-hydrogen) atoms. The van der Waals surface area contributed by atoms with E-state index in [1.165, 1.54) is 12.3 Å². The SMILES string of the molecule is C#CCCC(=O)NCc1ccc(C(=O)O)nc1. The molecule has 0 fully saturated rings. The molecule has 1 aromatic heterocycles. The van der Waals surface area contributed by atoms with Crippen LogP contribution in [0.15, 0.2) is 18.3 Å². The molecule has 1 amide bonds. The summed E-state index contributed by atoms with van der Waals surface area (Å²) in [5.41, 5.74) is 0.719. The Hall–Kier alpha value is -2.35. The molecule has 0 aliphatic carbocycles. The molecule has 5 nitrogen and oxygen atoms in total. The number of hydrogen-bond donors (Lipinski definition) is 2. The minimum absolute atomic E-state index is 0.0209. The van der Waals surface area contributed by atoms with Crippen LogP contribution in [0, 0.1) is 12.3 Å². The predicted octanol–water partition coefficient (Wildman–Crippen LogP) is 0.809. The Morgan fingerprint density at radius 2 is 2.24 bits per heavy atom. The number of pyridine rings is 1. The summed E-state index contributed by atoms with van der Waals surface area (Å²) in [5.74, 6) is 1.17. The highest BCUT2D eigenvalue weighted by atomic mass is 16.4. The number of aromatic carboxylic acids is 1. The summed E-state index contributed by atoms with van der Waals surface area (Å²) in [5, 5.41) is 11.3. The number of aromatic nitrogens is 1. The van der Waals surface area contributed by atoms with E-state index in [9.17, 15) is 9.59 Å². The fraction of sp³-hybridized carbons (Fsp3) is 0.250. The van der Waals surface area contributed by atoms with Crippen molar-refractivity contribution < 1.29 is 14.7 Å². The number of terminal acetylenes is 1. The number of rotatable bonds is 5. The first-order valence-electron chi connectivity index (χ1n) is 5.02. The first kappa shape index (κ1) is 12.7. The quantitative estimate of drug-likeness (QED) is 0.736. The standard InChI is InChI=1S/C12H12N2O3/c1-2-3-4-11(15)14-8-9-5-6-10(12(16)17)13-7-9/h1,5-7H,3-4,8H2,(H,14,15)(H,16,17). The Morgan fingerprint density at radius 3 is 2.76 bits per heavy atom. The Bertz CT molecular complexity index is 446. The van der Waals surface area contributed by atoms with Gasteiger partial charge in [0.1, 0.15) is 5.69 Å². The maximum absolute atomic E-state index is 11.2. The van der Waals surface area contributed by atoms with Crippen molar-refractivity contribution in [2.75, 3.05) is 0 Å². The van der Waals surface area contributed by atoms with E-state index in [1.807, 2.05) is 0 Å². The largest absolute Gasteiger partial charge is 0.477 e. The predicted molar refractivity (Wildman–Crippen MR) is 61.1 cm³/mol. The van der Waals surface area contributed by atoms with E-state index in [0.29, 0.717) is 13.0 Å². The second-order valence-electron chi connectivity index (χ2n) is 3.34. The maximum Gasteiger partial charge on any atom is 0.354 e. The summed E-state index contributed by atoms with van der Waals surface area (Å²) in [6.45, 7) is 0.316. The maximum atomic E-state index is 11.2. The van der Waals surface area contributed by atoms with Gasteiger partial charge in [0.15, 0.2) is 0 Å². The molecule has 0 radical (unpaired) electrons. The normalized spacial score (nSPS) is 9.35. The van der Waals surface area contributed by atoms with Gasteiger partial charge in [-0.1, -0.05) is 6.07 Å². The Kier molecular flexibility index (Phi) is 4.70. The van der Waals surface area contributed by atoms with E-state index in [2.05, 4.69) is 16.2 Å². The van der Waals surface area contributed by atoms with Crippen molar-refractivity contribution in [3.63, 3.8) is 0 Å². The third-order valence-electron chi connectivity index (χ3n) is 2.03. The molecule has 0 aromatic carbocycles. The average Bonchev–Trinajstić information content (AvgIpc) is 2.34. The third-order valence-corrected chi connectivity index (χ3v) is 2.03. The highest BCUT2D eigenvalue weighted by Crippen LogP contribution is 2.00. The number of carbonyl (C=O) groups excluding carboxylic acids is 1. The lowest BCUT2D eigenvalue weighted by molar-refractivity contribution is -0.121. The summed E-state index contributed by atoms with van der Waals surface area (Å²) in [6, 6.07) is 3.00. The Morgan fingerprint density at radius 1 is 1.47 bits per heavy atom. The zero-order valence-electron chi connectivity index (χ0n) is 9.14. The van der Waals surface area contributed by atoms with Crippen LogP contribution in [-0.2, 0) is 11.3 Å². The fourth-order valence-electron chi connectivity index (χ4n) is 1.13. The number of nitrogens with zero attached hydrogens (tertiary/aromatic N) is 1. The van der Waals surface area contributed by atoms with Crippen LogP contribution >= 0.6 is 0 Å². The minimum atomic E-state index is -1.07. The van der Waals surface area contributed by atoms with E-state index in [1.54, 1.807) is 6.07 Å². The van der Waals surface area contributed by atoms with Gasteiger partial charge in [-0.15, -0.1) is 12.3 Å². The average molecular weight is 232 g/mol. The van der Waals surface area contributed by atoms with Crippen LogP contribution in [0.3, 0.4) is 0 Å². The van der Waals surface area contributed by atoms with Gasteiger partial charge in [-0.3, -0.25) is 4.79 Å². The fourth-order valence-corrected chi connectivity index (χ4v) is 1.13. The second-order valence-corrected chi connectivity index (χ2v) is 3.34. The van der Waals surface area contributed by atoms with Crippen molar-refractivity contribution in [2.24, 2.45) is 0 Å². The van der Waals surface area contributed by atoms with E-state index < -0.39 is 5.97 Å². The number of amides is 1. The zero-order chi connectivity index (χ0) is 12.7. The summed E-state index contributed by atoms with van der Waals surface area (Å²) in [4.78, 5) is 25.5. The van der Waals surface area contributed by atoms with E-state index >= 15 is 0 Å². The summed E-state index contributed by atoms with van der Waals surface area (Å²) in [7, 11) is 0. The molecule has 0 spiro atoms. The van der Waals surface area contributed by atoms with Crippen molar-refractivity contribution in [3.8, 4) is 12.3 Å². The molecule has 88 valence electrons. The molecule has 0 bridgehead atoms. The highest BCUT2D eigenvalue weighted by molar-refractivity contribution is 5.85. The first-order valence-corrected chi connectivity index (χ1v) is 5.02. The molecule has 0 unspecified atom stereocenters.